The molecule has 0 aromatic carbocycles. The van der Waals surface area contributed by atoms with E-state index in [2.05, 4.69) is 63.8 Å². The zero-order valence-corrected chi connectivity index (χ0v) is 54.4. The Morgan fingerprint density at radius 2 is 0.398 bits per heavy atom. The highest BCUT2D eigenvalue weighted by Crippen LogP contribution is 2.10. The number of carbonyl (C=O) groups is 20. The maximum absolute atomic E-state index is 13.4. The van der Waals surface area contributed by atoms with E-state index >= 15 is 0 Å². The lowest BCUT2D eigenvalue weighted by Crippen LogP contribution is -2.58. The molecular weight excluding hydrogens is 1320 g/mol. The molecule has 98 heavy (non-hydrogen) atoms. The van der Waals surface area contributed by atoms with Crippen molar-refractivity contribution in [3.05, 3.63) is 0 Å². The van der Waals surface area contributed by atoms with Crippen LogP contribution in [0.3, 0.4) is 0 Å². The largest absolute Gasteiger partial charge is 0.481 e. The second-order valence-corrected chi connectivity index (χ2v) is 22.2. The fourth-order valence-electron chi connectivity index (χ4n) is 8.13. The number of aliphatic carboxylic acids is 8. The standard InChI is InChI=1S/C56H88N14O28/c1-25(43(83)61-27(3)47(87)65-31(11-17-37(71)72)49(89)67-33(13-19-39(75)76)51(91)69-35(53(93)94)15-21-41(79)80)59-45(85)29(5)63-55(97)57-23-9-7-8-10-24-58-56(98)64-30(6)46(86)60-26(2)44(84)62-28(4)48(88)66-32(12-18-38(73)74)50(90)68-34(14-20-40(77)78)52(92)70-36(54(95)96)16-22-42(81)82/h25-36H,7-24H2,1-6H3,(H,59,85)(H,60,86)(H,61,83)(H,62,84)(H,65,87)(H,66,88)(H,67,89)(H,68,90)(H,69,91)(H,70,92)(H,71,72)(H,73,74)(H,75,76)(H,77,78)(H,79,80)(H,81,82)(H,93,94)(H,95,96)(H2,57,63,97)(H2,58,64,98)/t25-,26-,27-,28-,29-,30-,31-,32-,33-,34-,35-,36-/m0/s1. The van der Waals surface area contributed by atoms with Gasteiger partial charge in [-0.05, 0) is 92.9 Å². The molecule has 42 nitrogen and oxygen atoms in total. The summed E-state index contributed by atoms with van der Waals surface area (Å²) in [5.74, 6) is -22.4. The third kappa shape index (κ3) is 37.8. The van der Waals surface area contributed by atoms with Crippen LogP contribution in [0, 0.1) is 0 Å². The first-order valence-electron chi connectivity index (χ1n) is 30.5. The van der Waals surface area contributed by atoms with E-state index in [1.807, 2.05) is 10.6 Å². The average molecular weight is 1410 g/mol. The number of hydrogen-bond donors (Lipinski definition) is 22. The number of unbranched alkanes of at least 4 members (excludes halogenated alkanes) is 3. The van der Waals surface area contributed by atoms with Crippen molar-refractivity contribution in [1.82, 2.24) is 74.4 Å². The van der Waals surface area contributed by atoms with Gasteiger partial charge in [-0.15, -0.1) is 0 Å². The Balaban J connectivity index is 5.13. The summed E-state index contributed by atoms with van der Waals surface area (Å²) in [6, 6.07) is -20.1. The van der Waals surface area contributed by atoms with Gasteiger partial charge in [0.05, 0.1) is 0 Å². The molecule has 0 aliphatic heterocycles. The van der Waals surface area contributed by atoms with Crippen molar-refractivity contribution in [1.29, 1.82) is 0 Å². The fraction of sp³-hybridized carbons (Fsp3) is 0.643. The van der Waals surface area contributed by atoms with Gasteiger partial charge in [0.25, 0.3) is 0 Å². The molecule has 0 heterocycles. The Labute approximate surface area is 558 Å². The van der Waals surface area contributed by atoms with E-state index < -0.39 is 268 Å². The quantitative estimate of drug-likeness (QED) is 0.0252. The Bertz CT molecular complexity index is 2710. The topological polar surface area (TPSA) is 672 Å². The minimum Gasteiger partial charge on any atom is -0.481 e. The van der Waals surface area contributed by atoms with Crippen LogP contribution in [-0.4, -0.2) is 245 Å². The molecule has 0 rings (SSSR count). The average Bonchev–Trinajstić information content (AvgIpc) is 0.921. The normalized spacial score (nSPS) is 14.4. The Hall–Kier alpha value is -11.0. The van der Waals surface area contributed by atoms with Crippen LogP contribution in [0.2, 0.25) is 0 Å². The highest BCUT2D eigenvalue weighted by atomic mass is 16.4. The Morgan fingerprint density at radius 3 is 0.602 bits per heavy atom. The van der Waals surface area contributed by atoms with Gasteiger partial charge < -0.3 is 115 Å². The summed E-state index contributed by atoms with van der Waals surface area (Å²) < 4.78 is 0. The van der Waals surface area contributed by atoms with Gasteiger partial charge in [0, 0.05) is 51.6 Å². The molecule has 22 N–H and O–H groups in total. The summed E-state index contributed by atoms with van der Waals surface area (Å²) >= 11 is 0. The molecule has 42 heteroatoms. The maximum atomic E-state index is 13.4. The van der Waals surface area contributed by atoms with Crippen LogP contribution in [0.15, 0.2) is 0 Å². The predicted molar refractivity (Wildman–Crippen MR) is 329 cm³/mol. The number of amides is 14. The lowest BCUT2D eigenvalue weighted by molar-refractivity contribution is -0.144. The summed E-state index contributed by atoms with van der Waals surface area (Å²) in [6.45, 7) is 7.64. The first-order valence-corrected chi connectivity index (χ1v) is 30.5. The van der Waals surface area contributed by atoms with Crippen molar-refractivity contribution in [2.24, 2.45) is 0 Å². The van der Waals surface area contributed by atoms with Gasteiger partial charge >= 0.3 is 59.8 Å². The van der Waals surface area contributed by atoms with Crippen LogP contribution in [0.5, 0.6) is 0 Å². The van der Waals surface area contributed by atoms with Crippen molar-refractivity contribution in [3.63, 3.8) is 0 Å². The molecule has 0 unspecified atom stereocenters. The molecule has 0 aromatic heterocycles. The van der Waals surface area contributed by atoms with Gasteiger partial charge in [-0.3, -0.25) is 76.7 Å². The minimum atomic E-state index is -1.77. The van der Waals surface area contributed by atoms with Gasteiger partial charge in [-0.2, -0.15) is 0 Å². The number of carboxylic acid groups (broad SMARTS) is 8. The monoisotopic (exact) mass is 1400 g/mol. The van der Waals surface area contributed by atoms with E-state index in [1.165, 1.54) is 27.7 Å². The second-order valence-electron chi connectivity index (χ2n) is 22.2. The Morgan fingerprint density at radius 1 is 0.224 bits per heavy atom. The second kappa shape index (κ2) is 45.4. The van der Waals surface area contributed by atoms with Gasteiger partial charge in [0.2, 0.25) is 59.1 Å². The molecule has 0 fully saturated rings. The number of carboxylic acids is 8. The van der Waals surface area contributed by atoms with E-state index in [1.54, 1.807) is 0 Å². The smallest absolute Gasteiger partial charge is 0.326 e. The van der Waals surface area contributed by atoms with Crippen molar-refractivity contribution < 1.29 is 137 Å². The fourth-order valence-corrected chi connectivity index (χ4v) is 8.13. The van der Waals surface area contributed by atoms with E-state index in [9.17, 15) is 127 Å². The molecule has 550 valence electrons. The van der Waals surface area contributed by atoms with E-state index in [0.717, 1.165) is 13.8 Å². The summed E-state index contributed by atoms with van der Waals surface area (Å²) in [5.41, 5.74) is 0. The van der Waals surface area contributed by atoms with Gasteiger partial charge in [0.1, 0.15) is 72.5 Å². The molecule has 0 spiro atoms. The molecule has 0 bridgehead atoms. The first-order chi connectivity index (χ1) is 45.6. The highest BCUT2D eigenvalue weighted by molar-refractivity contribution is 5.99. The summed E-state index contributed by atoms with van der Waals surface area (Å²) in [7, 11) is 0. The van der Waals surface area contributed by atoms with E-state index in [4.69, 9.17) is 10.2 Å². The number of hydrogen-bond acceptors (Lipinski definition) is 20. The molecule has 0 saturated carbocycles. The van der Waals surface area contributed by atoms with Crippen LogP contribution < -0.4 is 74.4 Å². The molecule has 0 aliphatic rings. The molecule has 0 aromatic rings. The molecule has 12 atom stereocenters. The van der Waals surface area contributed by atoms with Crippen LogP contribution in [0.25, 0.3) is 0 Å². The molecule has 14 amide bonds. The van der Waals surface area contributed by atoms with Crippen molar-refractivity contribution in [2.75, 3.05) is 13.1 Å². The predicted octanol–water partition coefficient (Wildman–Crippen LogP) is -5.79. The van der Waals surface area contributed by atoms with Gasteiger partial charge in [-0.25, -0.2) is 19.2 Å². The first kappa shape index (κ1) is 87.0. The van der Waals surface area contributed by atoms with Crippen LogP contribution in [0.4, 0.5) is 9.59 Å². The summed E-state index contributed by atoms with van der Waals surface area (Å²) in [5, 5.41) is 106. The zero-order valence-electron chi connectivity index (χ0n) is 54.4. The van der Waals surface area contributed by atoms with Crippen LogP contribution >= 0.6 is 0 Å². The maximum Gasteiger partial charge on any atom is 0.326 e. The molecule has 0 aliphatic carbocycles. The minimum absolute atomic E-state index is 0.141. The lowest BCUT2D eigenvalue weighted by atomic mass is 10.1. The van der Waals surface area contributed by atoms with Gasteiger partial charge in [-0.1, -0.05) is 12.8 Å². The third-order valence-electron chi connectivity index (χ3n) is 13.8. The number of carbonyl (C=O) groups excluding carboxylic acids is 12. The number of urea groups is 2. The zero-order chi connectivity index (χ0) is 75.1. The van der Waals surface area contributed by atoms with Gasteiger partial charge in [0.15, 0.2) is 0 Å². The van der Waals surface area contributed by atoms with Crippen molar-refractivity contribution in [2.45, 2.75) is 217 Å². The van der Waals surface area contributed by atoms with Crippen LogP contribution in [-0.2, 0) is 86.3 Å². The number of rotatable bonds is 49. The third-order valence-corrected chi connectivity index (χ3v) is 13.8. The SMILES string of the molecule is C[C@H](NC(=O)NCCCCCCNC(=O)N[C@@H](C)C(=O)N[C@@H](C)C(=O)N[C@@H](C)C(=O)N[C@@H](CCC(=O)O)C(=O)N[C@@H](CCC(=O)O)C(=O)N[C@@H](CCC(=O)O)C(=O)O)C(=O)N[C@@H](C)C(=O)N[C@@H](C)C(=O)N[C@@H](CCC(=O)O)C(=O)N[C@@H](CCC(=O)O)C(=O)N[C@@H](CCC(=O)O)C(=O)O. The van der Waals surface area contributed by atoms with E-state index in [0.29, 0.717) is 25.7 Å². The molecule has 0 radical (unpaired) electrons. The number of nitrogens with one attached hydrogen (secondary N) is 14. The van der Waals surface area contributed by atoms with Crippen molar-refractivity contribution >= 4 is 119 Å². The van der Waals surface area contributed by atoms with E-state index in [-0.39, 0.29) is 13.1 Å². The molecular formula is C56H88N14O28. The van der Waals surface area contributed by atoms with Crippen molar-refractivity contribution in [3.8, 4) is 0 Å². The Kier molecular flexibility index (Phi) is 40.3. The summed E-state index contributed by atoms with van der Waals surface area (Å²) in [4.78, 5) is 247. The molecule has 0 saturated heterocycles. The highest BCUT2D eigenvalue weighted by Gasteiger charge is 2.35. The lowest BCUT2D eigenvalue weighted by Gasteiger charge is -2.25. The summed E-state index contributed by atoms with van der Waals surface area (Å²) in [6.07, 6.45) is -5.95. The van der Waals surface area contributed by atoms with Crippen LogP contribution in [0.1, 0.15) is 144 Å².